The van der Waals surface area contributed by atoms with Gasteiger partial charge in [0.1, 0.15) is 5.75 Å². The summed E-state index contributed by atoms with van der Waals surface area (Å²) < 4.78 is 5.83. The number of rotatable bonds is 5. The van der Waals surface area contributed by atoms with Crippen LogP contribution in [0.3, 0.4) is 0 Å². The molecule has 0 saturated carbocycles. The summed E-state index contributed by atoms with van der Waals surface area (Å²) >= 11 is 0. The summed E-state index contributed by atoms with van der Waals surface area (Å²) in [5.74, 6) is 0.863. The Kier molecular flexibility index (Phi) is 4.48. The van der Waals surface area contributed by atoms with Crippen LogP contribution in [0.25, 0.3) is 0 Å². The van der Waals surface area contributed by atoms with Gasteiger partial charge >= 0.3 is 0 Å². The fourth-order valence-electron chi connectivity index (χ4n) is 2.65. The molecule has 3 heteroatoms. The third-order valence-electron chi connectivity index (χ3n) is 3.51. The number of nitrogens with two attached hydrogens (primary N) is 1. The summed E-state index contributed by atoms with van der Waals surface area (Å²) in [6, 6.07) is 4.09. The summed E-state index contributed by atoms with van der Waals surface area (Å²) in [4.78, 5) is 2.51. The predicted molar refractivity (Wildman–Crippen MR) is 76.1 cm³/mol. The number of aryl methyl sites for hydroxylation is 2. The highest BCUT2D eigenvalue weighted by Crippen LogP contribution is 2.27. The van der Waals surface area contributed by atoms with Gasteiger partial charge in [-0.15, -0.1) is 0 Å². The molecule has 3 nitrogen and oxygen atoms in total. The molecular formula is C15H24N2O. The topological polar surface area (TPSA) is 38.5 Å². The Morgan fingerprint density at radius 2 is 1.94 bits per heavy atom. The lowest BCUT2D eigenvalue weighted by Crippen LogP contribution is -2.22. The van der Waals surface area contributed by atoms with Crippen molar-refractivity contribution in [2.24, 2.45) is 0 Å². The Balaban J connectivity index is 1.79. The van der Waals surface area contributed by atoms with E-state index < -0.39 is 0 Å². The lowest BCUT2D eigenvalue weighted by molar-refractivity contribution is 0.263. The van der Waals surface area contributed by atoms with E-state index in [1.807, 2.05) is 6.07 Å². The van der Waals surface area contributed by atoms with Gasteiger partial charge in [-0.25, -0.2) is 0 Å². The van der Waals surface area contributed by atoms with Crippen LogP contribution in [-0.4, -0.2) is 31.1 Å². The van der Waals surface area contributed by atoms with E-state index in [0.717, 1.165) is 36.6 Å². The van der Waals surface area contributed by atoms with E-state index in [9.17, 15) is 0 Å². The second kappa shape index (κ2) is 6.10. The molecule has 1 aromatic carbocycles. The van der Waals surface area contributed by atoms with Crippen molar-refractivity contribution in [3.05, 3.63) is 23.3 Å². The summed E-state index contributed by atoms with van der Waals surface area (Å²) in [5.41, 5.74) is 9.07. The van der Waals surface area contributed by atoms with E-state index in [1.54, 1.807) is 0 Å². The Morgan fingerprint density at radius 1 is 1.22 bits per heavy atom. The van der Waals surface area contributed by atoms with Crippen molar-refractivity contribution in [1.82, 2.24) is 4.90 Å². The number of nitrogen functional groups attached to an aromatic ring is 1. The number of benzene rings is 1. The lowest BCUT2D eigenvalue weighted by Gasteiger charge is -2.16. The normalized spacial score (nSPS) is 16.1. The molecule has 1 saturated heterocycles. The molecule has 0 aromatic heterocycles. The Hall–Kier alpha value is -1.22. The summed E-state index contributed by atoms with van der Waals surface area (Å²) in [7, 11) is 0. The van der Waals surface area contributed by atoms with E-state index in [1.165, 1.54) is 31.5 Å². The highest BCUT2D eigenvalue weighted by atomic mass is 16.5. The van der Waals surface area contributed by atoms with E-state index in [-0.39, 0.29) is 0 Å². The zero-order valence-electron chi connectivity index (χ0n) is 11.5. The summed E-state index contributed by atoms with van der Waals surface area (Å²) in [6.45, 7) is 8.52. The van der Waals surface area contributed by atoms with Gasteiger partial charge in [0.15, 0.2) is 0 Å². The standard InChI is InChI=1S/C15H24N2O/c1-12-10-13(2)15(14(16)11-12)18-9-5-8-17-6-3-4-7-17/h10-11H,3-9,16H2,1-2H3. The molecular weight excluding hydrogens is 224 g/mol. The van der Waals surface area contributed by atoms with Crippen LogP contribution in [0.4, 0.5) is 5.69 Å². The lowest BCUT2D eigenvalue weighted by atomic mass is 10.1. The van der Waals surface area contributed by atoms with Crippen LogP contribution in [0, 0.1) is 13.8 Å². The summed E-state index contributed by atoms with van der Waals surface area (Å²) in [5, 5.41) is 0. The highest BCUT2D eigenvalue weighted by molar-refractivity contribution is 5.58. The molecule has 0 spiro atoms. The van der Waals surface area contributed by atoms with Gasteiger partial charge in [-0.2, -0.15) is 0 Å². The minimum Gasteiger partial charge on any atom is -0.491 e. The van der Waals surface area contributed by atoms with Crippen LogP contribution in [0.2, 0.25) is 0 Å². The average Bonchev–Trinajstić information content (AvgIpc) is 2.79. The highest BCUT2D eigenvalue weighted by Gasteiger charge is 2.11. The first-order valence-electron chi connectivity index (χ1n) is 6.88. The molecule has 1 aliphatic rings. The largest absolute Gasteiger partial charge is 0.491 e. The maximum atomic E-state index is 5.99. The van der Waals surface area contributed by atoms with Gasteiger partial charge in [-0.1, -0.05) is 6.07 Å². The van der Waals surface area contributed by atoms with Crippen LogP contribution < -0.4 is 10.5 Å². The monoisotopic (exact) mass is 248 g/mol. The SMILES string of the molecule is Cc1cc(C)c(OCCCN2CCCC2)c(N)c1. The van der Waals surface area contributed by atoms with E-state index in [2.05, 4.69) is 24.8 Å². The molecule has 1 fully saturated rings. The van der Waals surface area contributed by atoms with Crippen LogP contribution in [0.1, 0.15) is 30.4 Å². The second-order valence-electron chi connectivity index (χ2n) is 5.25. The van der Waals surface area contributed by atoms with Crippen LogP contribution in [0.15, 0.2) is 12.1 Å². The number of anilines is 1. The first-order chi connectivity index (χ1) is 8.66. The third kappa shape index (κ3) is 3.39. The zero-order valence-corrected chi connectivity index (χ0v) is 11.5. The maximum Gasteiger partial charge on any atom is 0.145 e. The predicted octanol–water partition coefficient (Wildman–Crippen LogP) is 2.75. The van der Waals surface area contributed by atoms with Crippen molar-refractivity contribution in [3.63, 3.8) is 0 Å². The van der Waals surface area contributed by atoms with E-state index >= 15 is 0 Å². The first kappa shape index (κ1) is 13.2. The van der Waals surface area contributed by atoms with Gasteiger partial charge in [-0.3, -0.25) is 0 Å². The van der Waals surface area contributed by atoms with Crippen molar-refractivity contribution in [1.29, 1.82) is 0 Å². The molecule has 1 heterocycles. The molecule has 0 amide bonds. The first-order valence-corrected chi connectivity index (χ1v) is 6.88. The molecule has 0 atom stereocenters. The maximum absolute atomic E-state index is 5.99. The van der Waals surface area contributed by atoms with Crippen LogP contribution in [0.5, 0.6) is 5.75 Å². The molecule has 0 aliphatic carbocycles. The minimum absolute atomic E-state index is 0.755. The minimum atomic E-state index is 0.755. The van der Waals surface area contributed by atoms with Gasteiger partial charge in [0.25, 0.3) is 0 Å². The smallest absolute Gasteiger partial charge is 0.145 e. The fraction of sp³-hybridized carbons (Fsp3) is 0.600. The van der Waals surface area contributed by atoms with Crippen molar-refractivity contribution < 1.29 is 4.74 Å². The van der Waals surface area contributed by atoms with Crippen molar-refractivity contribution >= 4 is 5.69 Å². The fourth-order valence-corrected chi connectivity index (χ4v) is 2.65. The molecule has 2 N–H and O–H groups in total. The van der Waals surface area contributed by atoms with Crippen LogP contribution >= 0.6 is 0 Å². The molecule has 1 aliphatic heterocycles. The quantitative estimate of drug-likeness (QED) is 0.643. The van der Waals surface area contributed by atoms with Gasteiger partial charge in [-0.05, 0) is 63.4 Å². The molecule has 2 rings (SSSR count). The number of nitrogens with zero attached hydrogens (tertiary/aromatic N) is 1. The second-order valence-corrected chi connectivity index (χ2v) is 5.25. The van der Waals surface area contributed by atoms with Gasteiger partial charge in [0.05, 0.1) is 12.3 Å². The van der Waals surface area contributed by atoms with E-state index in [0.29, 0.717) is 0 Å². The van der Waals surface area contributed by atoms with Crippen LogP contribution in [-0.2, 0) is 0 Å². The number of ether oxygens (including phenoxy) is 1. The third-order valence-corrected chi connectivity index (χ3v) is 3.51. The van der Waals surface area contributed by atoms with E-state index in [4.69, 9.17) is 10.5 Å². The number of hydrogen-bond donors (Lipinski definition) is 1. The van der Waals surface area contributed by atoms with Gasteiger partial charge in [0.2, 0.25) is 0 Å². The molecule has 0 bridgehead atoms. The number of likely N-dealkylation sites (tertiary alicyclic amines) is 1. The molecule has 18 heavy (non-hydrogen) atoms. The molecule has 0 radical (unpaired) electrons. The van der Waals surface area contributed by atoms with Gasteiger partial charge < -0.3 is 15.4 Å². The van der Waals surface area contributed by atoms with Gasteiger partial charge in [0, 0.05) is 6.54 Å². The Labute approximate surface area is 110 Å². The Morgan fingerprint density at radius 3 is 2.61 bits per heavy atom. The van der Waals surface area contributed by atoms with Crippen molar-refractivity contribution in [2.45, 2.75) is 33.1 Å². The molecule has 1 aromatic rings. The average molecular weight is 248 g/mol. The van der Waals surface area contributed by atoms with Crippen molar-refractivity contribution in [3.8, 4) is 5.75 Å². The van der Waals surface area contributed by atoms with Crippen molar-refractivity contribution in [2.75, 3.05) is 32.0 Å². The summed E-state index contributed by atoms with van der Waals surface area (Å²) in [6.07, 6.45) is 3.78. The molecule has 0 unspecified atom stereocenters. The zero-order chi connectivity index (χ0) is 13.0. The Bertz CT molecular complexity index is 374. The number of hydrogen-bond acceptors (Lipinski definition) is 3. The molecule has 100 valence electrons.